The Morgan fingerprint density at radius 3 is 2.89 bits per heavy atom. The molecule has 1 atom stereocenters. The first-order valence-electron chi connectivity index (χ1n) is 6.50. The van der Waals surface area contributed by atoms with Crippen LogP contribution in [0, 0.1) is 5.41 Å². The number of rotatable bonds is 4. The highest BCUT2D eigenvalue weighted by atomic mass is 16.5. The van der Waals surface area contributed by atoms with Crippen molar-refractivity contribution in [1.29, 1.82) is 0 Å². The second-order valence-electron chi connectivity index (χ2n) is 4.90. The van der Waals surface area contributed by atoms with Gasteiger partial charge in [0.15, 0.2) is 0 Å². The minimum atomic E-state index is -0.369. The number of hydrogen-bond donors (Lipinski definition) is 3. The van der Waals surface area contributed by atoms with Crippen LogP contribution < -0.4 is 15.4 Å². The third-order valence-corrected chi connectivity index (χ3v) is 3.86. The van der Waals surface area contributed by atoms with Crippen LogP contribution in [0.3, 0.4) is 0 Å². The molecule has 0 radical (unpaired) electrons. The predicted molar refractivity (Wildman–Crippen MR) is 73.5 cm³/mol. The first kappa shape index (κ1) is 13.7. The molecule has 1 amide bonds. The highest BCUT2D eigenvalue weighted by molar-refractivity contribution is 5.97. The molecule has 5 nitrogen and oxygen atoms in total. The van der Waals surface area contributed by atoms with Crippen LogP contribution >= 0.6 is 0 Å². The van der Waals surface area contributed by atoms with E-state index in [-0.39, 0.29) is 17.1 Å². The molecule has 1 heterocycles. The molecule has 1 unspecified atom stereocenters. The SMILES string of the molecule is CCC1(C(=O)Nc2ccc(OC)cc2O)CCNC1. The lowest BCUT2D eigenvalue weighted by Crippen LogP contribution is -2.37. The fourth-order valence-corrected chi connectivity index (χ4v) is 2.40. The van der Waals surface area contributed by atoms with Gasteiger partial charge in [-0.1, -0.05) is 6.92 Å². The average Bonchev–Trinajstić information content (AvgIpc) is 2.91. The van der Waals surface area contributed by atoms with Crippen molar-refractivity contribution in [3.8, 4) is 11.5 Å². The number of nitrogens with one attached hydrogen (secondary N) is 2. The lowest BCUT2D eigenvalue weighted by molar-refractivity contribution is -0.124. The van der Waals surface area contributed by atoms with E-state index in [2.05, 4.69) is 10.6 Å². The molecule has 1 aliphatic heterocycles. The molecule has 0 bridgehead atoms. The third kappa shape index (κ3) is 2.66. The lowest BCUT2D eigenvalue weighted by Gasteiger charge is -2.25. The molecule has 19 heavy (non-hydrogen) atoms. The number of amides is 1. The summed E-state index contributed by atoms with van der Waals surface area (Å²) < 4.78 is 5.01. The van der Waals surface area contributed by atoms with Crippen LogP contribution in [0.2, 0.25) is 0 Å². The average molecular weight is 264 g/mol. The molecule has 0 saturated carbocycles. The van der Waals surface area contributed by atoms with Gasteiger partial charge in [-0.05, 0) is 31.5 Å². The Morgan fingerprint density at radius 1 is 1.58 bits per heavy atom. The number of phenols is 1. The largest absolute Gasteiger partial charge is 0.506 e. The monoisotopic (exact) mass is 264 g/mol. The molecule has 1 aromatic carbocycles. The maximum Gasteiger partial charge on any atom is 0.232 e. The lowest BCUT2D eigenvalue weighted by atomic mass is 9.83. The number of phenolic OH excluding ortho intramolecular Hbond substituents is 1. The van der Waals surface area contributed by atoms with Crippen molar-refractivity contribution in [1.82, 2.24) is 5.32 Å². The van der Waals surface area contributed by atoms with Crippen molar-refractivity contribution in [3.63, 3.8) is 0 Å². The van der Waals surface area contributed by atoms with Gasteiger partial charge < -0.3 is 20.5 Å². The number of hydrogen-bond acceptors (Lipinski definition) is 4. The Hall–Kier alpha value is -1.75. The van der Waals surface area contributed by atoms with Gasteiger partial charge in [0.25, 0.3) is 0 Å². The number of benzene rings is 1. The van der Waals surface area contributed by atoms with Gasteiger partial charge in [0.2, 0.25) is 5.91 Å². The van der Waals surface area contributed by atoms with E-state index >= 15 is 0 Å². The van der Waals surface area contributed by atoms with Gasteiger partial charge in [0, 0.05) is 12.6 Å². The van der Waals surface area contributed by atoms with E-state index in [4.69, 9.17) is 4.74 Å². The summed E-state index contributed by atoms with van der Waals surface area (Å²) in [5.74, 6) is 0.536. The fourth-order valence-electron chi connectivity index (χ4n) is 2.40. The zero-order valence-corrected chi connectivity index (χ0v) is 11.3. The van der Waals surface area contributed by atoms with Gasteiger partial charge in [-0.25, -0.2) is 0 Å². The van der Waals surface area contributed by atoms with Crippen LogP contribution in [0.4, 0.5) is 5.69 Å². The molecular formula is C14H20N2O3. The second-order valence-corrected chi connectivity index (χ2v) is 4.90. The Balaban J connectivity index is 2.14. The molecule has 1 saturated heterocycles. The Bertz CT molecular complexity index is 468. The first-order chi connectivity index (χ1) is 9.11. The van der Waals surface area contributed by atoms with Gasteiger partial charge in [-0.3, -0.25) is 4.79 Å². The molecule has 104 valence electrons. The maximum absolute atomic E-state index is 12.4. The number of anilines is 1. The number of carbonyl (C=O) groups is 1. The van der Waals surface area contributed by atoms with Gasteiger partial charge >= 0.3 is 0 Å². The Labute approximate surface area is 113 Å². The number of aromatic hydroxyl groups is 1. The zero-order valence-electron chi connectivity index (χ0n) is 11.3. The minimum absolute atomic E-state index is 0.0184. The summed E-state index contributed by atoms with van der Waals surface area (Å²) in [5, 5.41) is 15.9. The van der Waals surface area contributed by atoms with Crippen molar-refractivity contribution in [2.75, 3.05) is 25.5 Å². The number of methoxy groups -OCH3 is 1. The second kappa shape index (κ2) is 5.48. The Kier molecular flexibility index (Phi) is 3.95. The zero-order chi connectivity index (χ0) is 13.9. The van der Waals surface area contributed by atoms with E-state index in [1.807, 2.05) is 6.92 Å². The van der Waals surface area contributed by atoms with E-state index in [0.717, 1.165) is 19.4 Å². The molecule has 0 aromatic heterocycles. The number of ether oxygens (including phenoxy) is 1. The van der Waals surface area contributed by atoms with Gasteiger partial charge in [0.05, 0.1) is 18.2 Å². The summed E-state index contributed by atoms with van der Waals surface area (Å²) in [7, 11) is 1.53. The topological polar surface area (TPSA) is 70.6 Å². The van der Waals surface area contributed by atoms with Crippen LogP contribution in [0.15, 0.2) is 18.2 Å². The summed E-state index contributed by atoms with van der Waals surface area (Å²) in [5.41, 5.74) is 0.0531. The van der Waals surface area contributed by atoms with Crippen molar-refractivity contribution in [2.45, 2.75) is 19.8 Å². The maximum atomic E-state index is 12.4. The highest BCUT2D eigenvalue weighted by Gasteiger charge is 2.39. The molecule has 5 heteroatoms. The third-order valence-electron chi connectivity index (χ3n) is 3.86. The molecule has 1 aliphatic rings. The Morgan fingerprint density at radius 2 is 2.37 bits per heavy atom. The molecule has 2 rings (SSSR count). The normalized spacial score (nSPS) is 22.2. The van der Waals surface area contributed by atoms with E-state index in [0.29, 0.717) is 18.0 Å². The molecule has 3 N–H and O–H groups in total. The van der Waals surface area contributed by atoms with Crippen LogP contribution in [0.5, 0.6) is 11.5 Å². The van der Waals surface area contributed by atoms with Crippen LogP contribution in [0.1, 0.15) is 19.8 Å². The van der Waals surface area contributed by atoms with Crippen molar-refractivity contribution < 1.29 is 14.6 Å². The van der Waals surface area contributed by atoms with E-state index in [9.17, 15) is 9.90 Å². The summed E-state index contributed by atoms with van der Waals surface area (Å²) in [6.07, 6.45) is 1.61. The standard InChI is InChI=1S/C14H20N2O3/c1-3-14(6-7-15-9-14)13(18)16-11-5-4-10(19-2)8-12(11)17/h4-5,8,15,17H,3,6-7,9H2,1-2H3,(H,16,18). The quantitative estimate of drug-likeness (QED) is 0.724. The summed E-state index contributed by atoms with van der Waals surface area (Å²) in [6.45, 7) is 3.56. The molecule has 0 aliphatic carbocycles. The smallest absolute Gasteiger partial charge is 0.232 e. The minimum Gasteiger partial charge on any atom is -0.506 e. The van der Waals surface area contributed by atoms with Gasteiger partial charge in [-0.2, -0.15) is 0 Å². The van der Waals surface area contributed by atoms with E-state index in [1.54, 1.807) is 12.1 Å². The molecule has 0 spiro atoms. The van der Waals surface area contributed by atoms with Crippen molar-refractivity contribution >= 4 is 11.6 Å². The fraction of sp³-hybridized carbons (Fsp3) is 0.500. The van der Waals surface area contributed by atoms with Crippen molar-refractivity contribution in [3.05, 3.63) is 18.2 Å². The number of carbonyl (C=O) groups excluding carboxylic acids is 1. The first-order valence-corrected chi connectivity index (χ1v) is 6.50. The van der Waals surface area contributed by atoms with Crippen LogP contribution in [-0.4, -0.2) is 31.2 Å². The molecule has 1 aromatic rings. The molecule has 1 fully saturated rings. The molecular weight excluding hydrogens is 244 g/mol. The predicted octanol–water partition coefficient (Wildman–Crippen LogP) is 1.73. The van der Waals surface area contributed by atoms with Crippen LogP contribution in [0.25, 0.3) is 0 Å². The summed E-state index contributed by atoms with van der Waals surface area (Å²) >= 11 is 0. The van der Waals surface area contributed by atoms with E-state index in [1.165, 1.54) is 13.2 Å². The highest BCUT2D eigenvalue weighted by Crippen LogP contribution is 2.33. The summed E-state index contributed by atoms with van der Waals surface area (Å²) in [4.78, 5) is 12.4. The van der Waals surface area contributed by atoms with E-state index < -0.39 is 0 Å². The van der Waals surface area contributed by atoms with Crippen LogP contribution in [-0.2, 0) is 4.79 Å². The van der Waals surface area contributed by atoms with Gasteiger partial charge in [-0.15, -0.1) is 0 Å². The summed E-state index contributed by atoms with van der Waals surface area (Å²) in [6, 6.07) is 4.85. The van der Waals surface area contributed by atoms with Crippen molar-refractivity contribution in [2.24, 2.45) is 5.41 Å². The van der Waals surface area contributed by atoms with Gasteiger partial charge in [0.1, 0.15) is 11.5 Å².